The molecule has 2 amide bonds. The van der Waals surface area contributed by atoms with Crippen LogP contribution in [-0.4, -0.2) is 87.0 Å². The topological polar surface area (TPSA) is 158 Å². The molecule has 0 radical (unpaired) electrons. The molecule has 0 saturated carbocycles. The molecule has 1 saturated heterocycles. The average Bonchev–Trinajstić information content (AvgIpc) is 2.42. The predicted molar refractivity (Wildman–Crippen MR) is 70.1 cm³/mol. The van der Waals surface area contributed by atoms with Gasteiger partial charge in [-0.1, -0.05) is 0 Å². The van der Waals surface area contributed by atoms with Crippen molar-refractivity contribution in [1.82, 2.24) is 0 Å². The summed E-state index contributed by atoms with van der Waals surface area (Å²) in [6.45, 7) is 0.885. The van der Waals surface area contributed by atoms with E-state index in [-0.39, 0.29) is 11.8 Å². The number of aliphatic hydroxyl groups is 4. The fourth-order valence-electron chi connectivity index (χ4n) is 2.38. The monoisotopic (exact) mass is 303 g/mol. The van der Waals surface area contributed by atoms with Crippen LogP contribution in [0.15, 0.2) is 9.98 Å². The lowest BCUT2D eigenvalue weighted by Crippen LogP contribution is -2.73. The van der Waals surface area contributed by atoms with E-state index in [1.807, 2.05) is 0 Å². The van der Waals surface area contributed by atoms with Gasteiger partial charge in [0, 0.05) is 0 Å². The van der Waals surface area contributed by atoms with Crippen molar-refractivity contribution in [2.24, 2.45) is 15.7 Å². The highest BCUT2D eigenvalue weighted by atomic mass is 16.6. The number of aliphatic imine (C=N–C) groups is 2. The van der Waals surface area contributed by atoms with E-state index in [0.717, 1.165) is 0 Å². The van der Waals surface area contributed by atoms with E-state index in [2.05, 4.69) is 9.98 Å². The van der Waals surface area contributed by atoms with E-state index in [1.165, 1.54) is 14.0 Å². The predicted octanol–water partition coefficient (Wildman–Crippen LogP) is -2.90. The van der Waals surface area contributed by atoms with E-state index in [0.29, 0.717) is 0 Å². The highest BCUT2D eigenvalue weighted by Crippen LogP contribution is 2.29. The smallest absolute Gasteiger partial charge is 0.394 e. The van der Waals surface area contributed by atoms with Gasteiger partial charge in [0.2, 0.25) is 6.23 Å². The Labute approximate surface area is 120 Å². The van der Waals surface area contributed by atoms with Gasteiger partial charge in [0.15, 0.2) is 6.10 Å². The van der Waals surface area contributed by atoms with Gasteiger partial charge < -0.3 is 30.9 Å². The number of hydrogen-bond donors (Lipinski definition) is 5. The van der Waals surface area contributed by atoms with E-state index in [9.17, 15) is 25.2 Å². The number of likely N-dealkylation sites (N-methyl/N-ethyl adjacent to an activating group) is 1. The second-order valence-corrected chi connectivity index (χ2v) is 5.21. The van der Waals surface area contributed by atoms with Crippen molar-refractivity contribution < 1.29 is 34.4 Å². The summed E-state index contributed by atoms with van der Waals surface area (Å²) in [6.07, 6.45) is -7.23. The molecule has 0 aromatic carbocycles. The number of amides is 2. The Morgan fingerprint density at radius 2 is 1.86 bits per heavy atom. The van der Waals surface area contributed by atoms with Gasteiger partial charge >= 0.3 is 12.0 Å². The molecule has 0 spiro atoms. The number of urea groups is 1. The molecule has 0 aromatic heterocycles. The fourth-order valence-corrected chi connectivity index (χ4v) is 2.38. The molecule has 0 aliphatic carbocycles. The normalized spacial score (nSPS) is 44.3. The summed E-state index contributed by atoms with van der Waals surface area (Å²) in [7, 11) is 1.32. The van der Waals surface area contributed by atoms with Crippen molar-refractivity contribution in [2.75, 3.05) is 13.7 Å². The molecule has 2 heterocycles. The molecule has 21 heavy (non-hydrogen) atoms. The van der Waals surface area contributed by atoms with Crippen LogP contribution in [0.2, 0.25) is 0 Å². The average molecular weight is 303 g/mol. The lowest BCUT2D eigenvalue weighted by Gasteiger charge is -2.45. The Balaban J connectivity index is 2.40. The molecule has 1 fully saturated rings. The van der Waals surface area contributed by atoms with Gasteiger partial charge in [0.25, 0.3) is 0 Å². The first kappa shape index (κ1) is 15.9. The van der Waals surface area contributed by atoms with Gasteiger partial charge in [-0.15, -0.1) is 4.99 Å². The van der Waals surface area contributed by atoms with Crippen LogP contribution in [0.1, 0.15) is 6.92 Å². The van der Waals surface area contributed by atoms with Gasteiger partial charge in [-0.25, -0.2) is 4.79 Å². The lowest BCUT2D eigenvalue weighted by atomic mass is 9.97. The molecular formula is C11H19N4O6+. The van der Waals surface area contributed by atoms with Crippen LogP contribution < -0.4 is 5.73 Å². The summed E-state index contributed by atoms with van der Waals surface area (Å²) < 4.78 is 4.55. The minimum absolute atomic E-state index is 0.165. The Morgan fingerprint density at radius 1 is 1.24 bits per heavy atom. The van der Waals surface area contributed by atoms with Crippen molar-refractivity contribution in [3.63, 3.8) is 0 Å². The highest BCUT2D eigenvalue weighted by Gasteiger charge is 2.58. The first-order chi connectivity index (χ1) is 9.73. The van der Waals surface area contributed by atoms with Crippen LogP contribution in [0.3, 0.4) is 0 Å². The van der Waals surface area contributed by atoms with Crippen molar-refractivity contribution in [1.29, 1.82) is 0 Å². The Morgan fingerprint density at radius 3 is 2.38 bits per heavy atom. The number of quaternary nitrogens is 1. The third-order valence-electron chi connectivity index (χ3n) is 3.78. The van der Waals surface area contributed by atoms with Crippen LogP contribution in [0, 0.1) is 0 Å². The third-order valence-corrected chi connectivity index (χ3v) is 3.78. The maximum atomic E-state index is 12.2. The largest absolute Gasteiger partial charge is 0.454 e. The minimum atomic E-state index is -1.61. The maximum absolute atomic E-state index is 12.2. The number of ether oxygens (including phenoxy) is 1. The molecule has 6 atom stereocenters. The number of carbonyl (C=O) groups is 1. The van der Waals surface area contributed by atoms with Gasteiger partial charge in [-0.3, -0.25) is 0 Å². The zero-order chi connectivity index (χ0) is 15.9. The Bertz CT molecular complexity index is 507. The maximum Gasteiger partial charge on any atom is 0.454 e. The zero-order valence-electron chi connectivity index (χ0n) is 11.6. The molecule has 2 aliphatic rings. The molecular weight excluding hydrogens is 284 g/mol. The summed E-state index contributed by atoms with van der Waals surface area (Å²) in [4.78, 5) is 19.8. The minimum Gasteiger partial charge on any atom is -0.394 e. The van der Waals surface area contributed by atoms with Crippen LogP contribution in [0.4, 0.5) is 4.79 Å². The number of amidine groups is 1. The number of rotatable bonds is 2. The molecule has 6 unspecified atom stereocenters. The van der Waals surface area contributed by atoms with Crippen LogP contribution in [-0.2, 0) is 4.74 Å². The molecule has 118 valence electrons. The number of nitrogens with zero attached hydrogens (tertiary/aromatic N) is 3. The Hall–Kier alpha value is -1.43. The van der Waals surface area contributed by atoms with Gasteiger partial charge in [-0.2, -0.15) is 9.48 Å². The van der Waals surface area contributed by atoms with Crippen molar-refractivity contribution >= 4 is 17.8 Å². The summed E-state index contributed by atoms with van der Waals surface area (Å²) >= 11 is 0. The second-order valence-electron chi connectivity index (χ2n) is 5.21. The van der Waals surface area contributed by atoms with Gasteiger partial charge in [-0.05, 0) is 6.92 Å². The Kier molecular flexibility index (Phi) is 4.10. The number of aliphatic hydroxyl groups excluding tert-OH is 4. The highest BCUT2D eigenvalue weighted by molar-refractivity contribution is 6.03. The molecule has 10 heteroatoms. The second kappa shape index (κ2) is 5.40. The fraction of sp³-hybridized carbons (Fsp3) is 0.727. The zero-order valence-corrected chi connectivity index (χ0v) is 11.6. The summed E-state index contributed by atoms with van der Waals surface area (Å²) in [5.41, 5.74) is 5.78. The lowest BCUT2D eigenvalue weighted by molar-refractivity contribution is -0.809. The van der Waals surface area contributed by atoms with Crippen molar-refractivity contribution in [3.05, 3.63) is 0 Å². The number of hydrogen-bond acceptors (Lipinski definition) is 8. The number of guanidine groups is 1. The first-order valence-corrected chi connectivity index (χ1v) is 6.34. The number of nitrogens with two attached hydrogens (primary N) is 1. The third kappa shape index (κ3) is 2.35. The number of carbonyl (C=O) groups excluding carboxylic acids is 1. The molecule has 2 rings (SSSR count). The molecule has 10 nitrogen and oxygen atoms in total. The first-order valence-electron chi connectivity index (χ1n) is 6.34. The van der Waals surface area contributed by atoms with Crippen LogP contribution in [0.25, 0.3) is 0 Å². The van der Waals surface area contributed by atoms with E-state index >= 15 is 0 Å². The quantitative estimate of drug-likeness (QED) is 0.342. The molecule has 2 aliphatic heterocycles. The standard InChI is InChI=1S/C11H18N4O6/c1-4-13-10(12)15(2,11(20)14-4)9-8(19)7(18)6(17)5(3-16)21-9/h5-9,16-19H,3H2,1-2H3,(H-,12,13,14,20)/p+1. The van der Waals surface area contributed by atoms with Crippen molar-refractivity contribution in [3.8, 4) is 0 Å². The van der Waals surface area contributed by atoms with Crippen LogP contribution in [0.5, 0.6) is 0 Å². The molecule has 0 aromatic rings. The summed E-state index contributed by atoms with van der Waals surface area (Å²) in [5.74, 6) is -0.00507. The summed E-state index contributed by atoms with van der Waals surface area (Å²) in [6, 6.07) is -0.732. The van der Waals surface area contributed by atoms with Crippen molar-refractivity contribution in [2.45, 2.75) is 37.6 Å². The molecule has 6 N–H and O–H groups in total. The van der Waals surface area contributed by atoms with E-state index in [4.69, 9.17) is 10.5 Å². The van der Waals surface area contributed by atoms with E-state index in [1.54, 1.807) is 0 Å². The van der Waals surface area contributed by atoms with Crippen LogP contribution >= 0.6 is 0 Å². The van der Waals surface area contributed by atoms with E-state index < -0.39 is 47.8 Å². The van der Waals surface area contributed by atoms with Gasteiger partial charge in [0.1, 0.15) is 24.1 Å². The van der Waals surface area contributed by atoms with Gasteiger partial charge in [0.05, 0.1) is 13.7 Å². The summed E-state index contributed by atoms with van der Waals surface area (Å²) in [5, 5.41) is 38.8. The molecule has 0 bridgehead atoms. The SMILES string of the molecule is CC1=NC(=O)[N+](C)(C2OC(CO)C(O)C(O)C2O)C(N)=N1.